The molecule has 0 radical (unpaired) electrons. The molecule has 9 heteroatoms. The molecular weight excluding hydrogens is 686 g/mol. The third-order valence-electron chi connectivity index (χ3n) is 4.73. The van der Waals surface area contributed by atoms with Gasteiger partial charge in [-0.05, 0) is 105 Å². The molecule has 0 aromatic heterocycles. The Morgan fingerprint density at radius 2 is 1.70 bits per heavy atom. The van der Waals surface area contributed by atoms with E-state index in [2.05, 4.69) is 50.5 Å². The lowest BCUT2D eigenvalue weighted by atomic mass is 10.1. The van der Waals surface area contributed by atoms with E-state index >= 15 is 0 Å². The second kappa shape index (κ2) is 10.5. The molecule has 0 aliphatic carbocycles. The average Bonchev–Trinajstić information content (AvgIpc) is 2.77. The van der Waals surface area contributed by atoms with Crippen molar-refractivity contribution in [3.8, 4) is 5.75 Å². The highest BCUT2D eigenvalue weighted by atomic mass is 127. The number of hydrogen-bond donors (Lipinski definition) is 1. The van der Waals surface area contributed by atoms with Crippen molar-refractivity contribution in [3.63, 3.8) is 0 Å². The number of ether oxygens (including phenoxy) is 1. The number of halogens is 3. The molecule has 0 saturated carbocycles. The Balaban J connectivity index is 1.62. The van der Waals surface area contributed by atoms with Gasteiger partial charge in [0, 0.05) is 5.02 Å². The van der Waals surface area contributed by atoms with Gasteiger partial charge in [-0.1, -0.05) is 48.0 Å². The first-order valence-electron chi connectivity index (χ1n) is 9.66. The van der Waals surface area contributed by atoms with E-state index in [4.69, 9.17) is 28.6 Å². The van der Waals surface area contributed by atoms with Gasteiger partial charge in [0.25, 0.3) is 11.8 Å². The van der Waals surface area contributed by atoms with E-state index in [1.54, 1.807) is 30.3 Å². The summed E-state index contributed by atoms with van der Waals surface area (Å²) in [6, 6.07) is 20.4. The molecule has 1 fully saturated rings. The molecule has 1 aliphatic heterocycles. The molecule has 1 heterocycles. The van der Waals surface area contributed by atoms with Crippen molar-refractivity contribution in [1.29, 1.82) is 0 Å². The predicted molar refractivity (Wildman–Crippen MR) is 150 cm³/mol. The van der Waals surface area contributed by atoms with Gasteiger partial charge in [0.2, 0.25) is 0 Å². The number of amides is 2. The number of rotatable bonds is 5. The Hall–Kier alpha value is -2.02. The van der Waals surface area contributed by atoms with Crippen LogP contribution in [0.5, 0.6) is 5.75 Å². The summed E-state index contributed by atoms with van der Waals surface area (Å²) in [5, 5.41) is 3.06. The molecular formula is C24H15ClI2N2O3S. The lowest BCUT2D eigenvalue weighted by Gasteiger charge is -2.29. The molecule has 33 heavy (non-hydrogen) atoms. The summed E-state index contributed by atoms with van der Waals surface area (Å²) in [4.78, 5) is 27.1. The largest absolute Gasteiger partial charge is 0.487 e. The van der Waals surface area contributed by atoms with Gasteiger partial charge in [-0.15, -0.1) is 0 Å². The van der Waals surface area contributed by atoms with Crippen molar-refractivity contribution < 1.29 is 14.3 Å². The highest BCUT2D eigenvalue weighted by Crippen LogP contribution is 2.31. The van der Waals surface area contributed by atoms with Gasteiger partial charge in [-0.2, -0.15) is 0 Å². The second-order valence-corrected chi connectivity index (χ2v) is 10.2. The summed E-state index contributed by atoms with van der Waals surface area (Å²) in [7, 11) is 0. The van der Waals surface area contributed by atoms with Crippen LogP contribution in [-0.4, -0.2) is 16.9 Å². The molecule has 1 N–H and O–H groups in total. The summed E-state index contributed by atoms with van der Waals surface area (Å²) < 4.78 is 7.76. The Labute approximate surface area is 228 Å². The zero-order valence-electron chi connectivity index (χ0n) is 16.8. The molecule has 0 bridgehead atoms. The Morgan fingerprint density at radius 3 is 2.36 bits per heavy atom. The Bertz CT molecular complexity index is 1270. The van der Waals surface area contributed by atoms with Gasteiger partial charge in [-0.25, -0.2) is 0 Å². The maximum atomic E-state index is 13.2. The van der Waals surface area contributed by atoms with Crippen molar-refractivity contribution in [2.75, 3.05) is 4.90 Å². The number of hydrogen-bond acceptors (Lipinski definition) is 4. The lowest BCUT2D eigenvalue weighted by molar-refractivity contribution is -0.122. The second-order valence-electron chi connectivity index (χ2n) is 7.03. The lowest BCUT2D eigenvalue weighted by Crippen LogP contribution is -2.54. The van der Waals surface area contributed by atoms with E-state index in [0.29, 0.717) is 22.9 Å². The summed E-state index contributed by atoms with van der Waals surface area (Å²) in [5.74, 6) is -0.304. The van der Waals surface area contributed by atoms with Gasteiger partial charge in [0.05, 0.1) is 12.8 Å². The van der Waals surface area contributed by atoms with E-state index in [1.807, 2.05) is 42.5 Å². The first-order valence-corrected chi connectivity index (χ1v) is 12.6. The molecule has 4 rings (SSSR count). The third-order valence-corrected chi connectivity index (χ3v) is 6.85. The monoisotopic (exact) mass is 700 g/mol. The number of thiocarbonyl (C=S) groups is 1. The maximum Gasteiger partial charge on any atom is 0.270 e. The molecule has 0 atom stereocenters. The van der Waals surface area contributed by atoms with Gasteiger partial charge < -0.3 is 4.74 Å². The number of nitrogens with zero attached hydrogens (tertiary/aromatic N) is 1. The van der Waals surface area contributed by atoms with Crippen LogP contribution >= 0.6 is 69.0 Å². The smallest absolute Gasteiger partial charge is 0.270 e. The number of anilines is 1. The number of carbonyl (C=O) groups is 2. The van der Waals surface area contributed by atoms with E-state index in [9.17, 15) is 9.59 Å². The summed E-state index contributed by atoms with van der Waals surface area (Å²) >= 11 is 15.7. The summed E-state index contributed by atoms with van der Waals surface area (Å²) in [5.41, 5.74) is 2.23. The highest BCUT2D eigenvalue weighted by molar-refractivity contribution is 14.1. The Morgan fingerprint density at radius 1 is 1.00 bits per heavy atom. The van der Waals surface area contributed by atoms with Crippen LogP contribution in [0, 0.1) is 7.14 Å². The maximum absolute atomic E-state index is 13.2. The van der Waals surface area contributed by atoms with E-state index in [1.165, 1.54) is 4.90 Å². The van der Waals surface area contributed by atoms with Crippen LogP contribution in [0.2, 0.25) is 5.02 Å². The SMILES string of the molecule is O=C1NC(=S)N(c2cccc(Cl)c2)C(=O)/C1=C/c1cc(I)c(OCc2ccccc2)c(I)c1. The summed E-state index contributed by atoms with van der Waals surface area (Å²) in [6.45, 7) is 0.445. The highest BCUT2D eigenvalue weighted by Gasteiger charge is 2.34. The van der Waals surface area contributed by atoms with Gasteiger partial charge in [0.1, 0.15) is 17.9 Å². The number of nitrogens with one attached hydrogen (secondary N) is 1. The first kappa shape index (κ1) is 24.1. The van der Waals surface area contributed by atoms with Crippen LogP contribution < -0.4 is 15.0 Å². The van der Waals surface area contributed by atoms with Crippen LogP contribution in [0.3, 0.4) is 0 Å². The minimum atomic E-state index is -0.544. The predicted octanol–water partition coefficient (Wildman–Crippen LogP) is 5.96. The fourth-order valence-electron chi connectivity index (χ4n) is 3.20. The van der Waals surface area contributed by atoms with Crippen molar-refractivity contribution in [1.82, 2.24) is 5.32 Å². The average molecular weight is 701 g/mol. The van der Waals surface area contributed by atoms with E-state index < -0.39 is 11.8 Å². The molecule has 5 nitrogen and oxygen atoms in total. The number of benzene rings is 3. The molecule has 0 unspecified atom stereocenters. The van der Waals surface area contributed by atoms with Crippen molar-refractivity contribution in [3.05, 3.63) is 95.6 Å². The van der Waals surface area contributed by atoms with Gasteiger partial charge >= 0.3 is 0 Å². The van der Waals surface area contributed by atoms with Gasteiger partial charge in [-0.3, -0.25) is 19.8 Å². The third kappa shape index (κ3) is 5.56. The van der Waals surface area contributed by atoms with Crippen LogP contribution in [-0.2, 0) is 16.2 Å². The minimum absolute atomic E-state index is 0.0123. The van der Waals surface area contributed by atoms with Crippen molar-refractivity contribution in [2.45, 2.75) is 6.61 Å². The minimum Gasteiger partial charge on any atom is -0.487 e. The quantitative estimate of drug-likeness (QED) is 0.155. The summed E-state index contributed by atoms with van der Waals surface area (Å²) in [6.07, 6.45) is 1.56. The van der Waals surface area contributed by atoms with E-state index in [-0.39, 0.29) is 10.7 Å². The zero-order valence-corrected chi connectivity index (χ0v) is 22.7. The van der Waals surface area contributed by atoms with Crippen molar-refractivity contribution in [2.24, 2.45) is 0 Å². The standard InChI is InChI=1S/C24H15ClI2N2O3S/c25-16-7-4-8-17(12-16)29-23(31)18(22(30)28-24(29)33)9-15-10-19(26)21(20(27)11-15)32-13-14-5-2-1-3-6-14/h1-12H,13H2,(H,28,30,33)/b18-9+. The van der Waals surface area contributed by atoms with Crippen LogP contribution in [0.1, 0.15) is 11.1 Å². The molecule has 3 aromatic carbocycles. The topological polar surface area (TPSA) is 58.6 Å². The van der Waals surface area contributed by atoms with Crippen LogP contribution in [0.15, 0.2) is 72.3 Å². The van der Waals surface area contributed by atoms with Crippen LogP contribution in [0.25, 0.3) is 6.08 Å². The van der Waals surface area contributed by atoms with E-state index in [0.717, 1.165) is 18.5 Å². The Kier molecular flexibility index (Phi) is 7.67. The molecule has 0 spiro atoms. The number of carbonyl (C=O) groups excluding carboxylic acids is 2. The fraction of sp³-hybridized carbons (Fsp3) is 0.0417. The molecule has 1 aliphatic rings. The molecule has 2 amide bonds. The van der Waals surface area contributed by atoms with Gasteiger partial charge in [0.15, 0.2) is 5.11 Å². The molecule has 3 aromatic rings. The molecule has 166 valence electrons. The van der Waals surface area contributed by atoms with Crippen LogP contribution in [0.4, 0.5) is 5.69 Å². The molecule has 1 saturated heterocycles. The first-order chi connectivity index (χ1) is 15.8. The van der Waals surface area contributed by atoms with Crippen molar-refractivity contribution >= 4 is 97.7 Å². The zero-order chi connectivity index (χ0) is 23.5. The normalized spacial score (nSPS) is 15.1. The fourth-order valence-corrected chi connectivity index (χ4v) is 5.80.